The zero-order valence-corrected chi connectivity index (χ0v) is 16.4. The number of nitrogens with one attached hydrogen (secondary N) is 2. The number of ether oxygens (including phenoxy) is 3. The Balaban J connectivity index is 2.03. The van der Waals surface area contributed by atoms with Crippen LogP contribution in [0.2, 0.25) is 0 Å². The maximum absolute atomic E-state index is 12.3. The zero-order valence-electron chi connectivity index (χ0n) is 16.4. The normalized spacial score (nSPS) is 16.1. The Morgan fingerprint density at radius 1 is 1.07 bits per heavy atom. The van der Waals surface area contributed by atoms with Crippen LogP contribution >= 0.6 is 0 Å². The van der Waals surface area contributed by atoms with Crippen molar-refractivity contribution in [1.29, 1.82) is 0 Å². The number of esters is 2. The van der Waals surface area contributed by atoms with E-state index in [0.717, 1.165) is 12.8 Å². The summed E-state index contributed by atoms with van der Waals surface area (Å²) < 4.78 is 15.9. The van der Waals surface area contributed by atoms with Gasteiger partial charge in [0.05, 0.1) is 36.1 Å². The largest absolute Gasteiger partial charge is 0.494 e. The van der Waals surface area contributed by atoms with Gasteiger partial charge in [0.25, 0.3) is 0 Å². The Labute approximate surface area is 164 Å². The highest BCUT2D eigenvalue weighted by atomic mass is 16.5. The lowest BCUT2D eigenvalue weighted by molar-refractivity contribution is -0.139. The molecule has 1 aliphatic rings. The van der Waals surface area contributed by atoms with E-state index in [0.29, 0.717) is 17.9 Å². The van der Waals surface area contributed by atoms with Crippen LogP contribution in [0.25, 0.3) is 0 Å². The third-order valence-electron chi connectivity index (χ3n) is 4.07. The number of benzene rings is 1. The summed E-state index contributed by atoms with van der Waals surface area (Å²) in [6.07, 6.45) is 2.00. The number of carbonyl (C=O) groups excluding carboxylic acids is 3. The van der Waals surface area contributed by atoms with Crippen molar-refractivity contribution >= 4 is 18.0 Å². The molecule has 2 N–H and O–H groups in total. The highest BCUT2D eigenvalue weighted by Crippen LogP contribution is 2.17. The van der Waals surface area contributed by atoms with E-state index in [4.69, 9.17) is 14.2 Å². The maximum atomic E-state index is 12.3. The predicted octanol–water partition coefficient (Wildman–Crippen LogP) is 2.54. The number of amides is 2. The van der Waals surface area contributed by atoms with Gasteiger partial charge in [0.1, 0.15) is 12.4 Å². The molecular formula is C20H26N2O6. The van der Waals surface area contributed by atoms with Crippen molar-refractivity contribution in [3.8, 4) is 5.75 Å². The first kappa shape index (κ1) is 21.3. The minimum atomic E-state index is -0.573. The fourth-order valence-electron chi connectivity index (χ4n) is 2.64. The second-order valence-corrected chi connectivity index (χ2v) is 6.24. The molecule has 1 unspecified atom stereocenters. The number of hydrogen-bond donors (Lipinski definition) is 2. The van der Waals surface area contributed by atoms with Crippen molar-refractivity contribution in [1.82, 2.24) is 10.6 Å². The Morgan fingerprint density at radius 2 is 1.79 bits per heavy atom. The summed E-state index contributed by atoms with van der Waals surface area (Å²) in [6.45, 7) is 5.99. The second kappa shape index (κ2) is 10.3. The Morgan fingerprint density at radius 3 is 2.43 bits per heavy atom. The predicted molar refractivity (Wildman–Crippen MR) is 102 cm³/mol. The molecule has 8 heteroatoms. The lowest BCUT2D eigenvalue weighted by Gasteiger charge is -2.26. The van der Waals surface area contributed by atoms with E-state index >= 15 is 0 Å². The SMILES string of the molecule is CCCCOc1ccc(C(=O)OCC2=C(C(=O)OCC)C(C)NC(=O)N2)cc1. The summed E-state index contributed by atoms with van der Waals surface area (Å²) in [5.41, 5.74) is 0.783. The minimum Gasteiger partial charge on any atom is -0.494 e. The van der Waals surface area contributed by atoms with E-state index in [1.54, 1.807) is 38.1 Å². The molecule has 0 aliphatic carbocycles. The molecule has 1 aromatic carbocycles. The number of rotatable bonds is 9. The molecule has 1 heterocycles. The molecule has 28 heavy (non-hydrogen) atoms. The van der Waals surface area contributed by atoms with Gasteiger partial charge in [-0.3, -0.25) is 0 Å². The summed E-state index contributed by atoms with van der Waals surface area (Å²) in [5.74, 6) is -0.463. The Kier molecular flexibility index (Phi) is 7.86. The van der Waals surface area contributed by atoms with Crippen LogP contribution in [0.15, 0.2) is 35.5 Å². The topological polar surface area (TPSA) is 103 Å². The van der Waals surface area contributed by atoms with E-state index in [-0.39, 0.29) is 24.5 Å². The monoisotopic (exact) mass is 390 g/mol. The van der Waals surface area contributed by atoms with Gasteiger partial charge in [-0.25, -0.2) is 14.4 Å². The van der Waals surface area contributed by atoms with Gasteiger partial charge >= 0.3 is 18.0 Å². The van der Waals surface area contributed by atoms with Crippen LogP contribution < -0.4 is 15.4 Å². The highest BCUT2D eigenvalue weighted by Gasteiger charge is 2.30. The van der Waals surface area contributed by atoms with Gasteiger partial charge in [0, 0.05) is 0 Å². The average molecular weight is 390 g/mol. The van der Waals surface area contributed by atoms with Gasteiger partial charge in [0.15, 0.2) is 0 Å². The lowest BCUT2D eigenvalue weighted by atomic mass is 10.0. The summed E-state index contributed by atoms with van der Waals surface area (Å²) in [7, 11) is 0. The standard InChI is InChI=1S/C20H26N2O6/c1-4-6-11-27-15-9-7-14(8-10-15)18(23)28-12-16-17(19(24)26-5-2)13(3)21-20(25)22-16/h7-10,13H,4-6,11-12H2,1-3H3,(H2,21,22,25). The number of carbonyl (C=O) groups is 3. The summed E-state index contributed by atoms with van der Waals surface area (Å²) in [5, 5.41) is 5.09. The molecular weight excluding hydrogens is 364 g/mol. The molecule has 2 rings (SSSR count). The number of unbranched alkanes of at least 4 members (excludes halogenated alkanes) is 1. The molecule has 2 amide bonds. The molecule has 1 aliphatic heterocycles. The van der Waals surface area contributed by atoms with Crippen molar-refractivity contribution in [2.24, 2.45) is 0 Å². The summed E-state index contributed by atoms with van der Waals surface area (Å²) in [6, 6.07) is 5.58. The average Bonchev–Trinajstić information content (AvgIpc) is 2.66. The molecule has 0 saturated heterocycles. The van der Waals surface area contributed by atoms with Crippen LogP contribution in [-0.2, 0) is 14.3 Å². The molecule has 0 fully saturated rings. The molecule has 8 nitrogen and oxygen atoms in total. The fourth-order valence-corrected chi connectivity index (χ4v) is 2.64. The first-order valence-electron chi connectivity index (χ1n) is 9.33. The van der Waals surface area contributed by atoms with Gasteiger partial charge in [-0.2, -0.15) is 0 Å². The van der Waals surface area contributed by atoms with Gasteiger partial charge in [0.2, 0.25) is 0 Å². The first-order chi connectivity index (χ1) is 13.5. The van der Waals surface area contributed by atoms with Gasteiger partial charge in [-0.15, -0.1) is 0 Å². The molecule has 0 saturated carbocycles. The smallest absolute Gasteiger partial charge is 0.338 e. The molecule has 0 radical (unpaired) electrons. The maximum Gasteiger partial charge on any atom is 0.338 e. The van der Waals surface area contributed by atoms with Crippen molar-refractivity contribution in [2.75, 3.05) is 19.8 Å². The third-order valence-corrected chi connectivity index (χ3v) is 4.07. The van der Waals surface area contributed by atoms with Gasteiger partial charge < -0.3 is 24.8 Å². The van der Waals surface area contributed by atoms with Crippen molar-refractivity contribution in [3.05, 3.63) is 41.1 Å². The Bertz CT molecular complexity index is 742. The summed E-state index contributed by atoms with van der Waals surface area (Å²) in [4.78, 5) is 36.2. The molecule has 0 bridgehead atoms. The van der Waals surface area contributed by atoms with Crippen LogP contribution in [0.1, 0.15) is 44.0 Å². The second-order valence-electron chi connectivity index (χ2n) is 6.24. The third kappa shape index (κ3) is 5.73. The highest BCUT2D eigenvalue weighted by molar-refractivity contribution is 5.95. The van der Waals surface area contributed by atoms with E-state index < -0.39 is 24.0 Å². The zero-order chi connectivity index (χ0) is 20.5. The lowest BCUT2D eigenvalue weighted by Crippen LogP contribution is -2.50. The van der Waals surface area contributed by atoms with Crippen molar-refractivity contribution in [3.63, 3.8) is 0 Å². The molecule has 152 valence electrons. The Hall–Kier alpha value is -3.03. The fraction of sp³-hybridized carbons (Fsp3) is 0.450. The quantitative estimate of drug-likeness (QED) is 0.496. The van der Waals surface area contributed by atoms with E-state index in [1.807, 2.05) is 0 Å². The van der Waals surface area contributed by atoms with E-state index in [9.17, 15) is 14.4 Å². The van der Waals surface area contributed by atoms with Gasteiger partial charge in [-0.1, -0.05) is 13.3 Å². The van der Waals surface area contributed by atoms with Crippen LogP contribution in [-0.4, -0.2) is 43.8 Å². The molecule has 1 atom stereocenters. The van der Waals surface area contributed by atoms with Crippen LogP contribution in [0.5, 0.6) is 5.75 Å². The van der Waals surface area contributed by atoms with Crippen molar-refractivity contribution < 1.29 is 28.6 Å². The van der Waals surface area contributed by atoms with Crippen LogP contribution in [0.4, 0.5) is 4.79 Å². The van der Waals surface area contributed by atoms with Crippen LogP contribution in [0.3, 0.4) is 0 Å². The van der Waals surface area contributed by atoms with E-state index in [2.05, 4.69) is 17.6 Å². The minimum absolute atomic E-state index is 0.197. The van der Waals surface area contributed by atoms with E-state index in [1.165, 1.54) is 0 Å². The molecule has 0 aromatic heterocycles. The van der Waals surface area contributed by atoms with Crippen molar-refractivity contribution in [2.45, 2.75) is 39.7 Å². The molecule has 0 spiro atoms. The number of urea groups is 1. The first-order valence-corrected chi connectivity index (χ1v) is 9.33. The molecule has 1 aromatic rings. The van der Waals surface area contributed by atoms with Gasteiger partial charge in [-0.05, 0) is 44.5 Å². The number of hydrogen-bond acceptors (Lipinski definition) is 6. The summed E-state index contributed by atoms with van der Waals surface area (Å²) >= 11 is 0. The van der Waals surface area contributed by atoms with Crippen LogP contribution in [0, 0.1) is 0 Å².